The number of halogens is 1. The average Bonchev–Trinajstić information content (AvgIpc) is 2.37. The first kappa shape index (κ1) is 8.49. The first-order valence-electron chi connectivity index (χ1n) is 3.30. The first-order valence-corrected chi connectivity index (χ1v) is 3.68. The van der Waals surface area contributed by atoms with Gasteiger partial charge in [-0.05, 0) is 18.5 Å². The lowest BCUT2D eigenvalue weighted by Gasteiger charge is -2.09. The maximum atomic E-state index is 5.67. The molecule has 1 aromatic rings. The van der Waals surface area contributed by atoms with Gasteiger partial charge in [-0.1, -0.05) is 0 Å². The minimum Gasteiger partial charge on any atom is -0.380 e. The Kier molecular flexibility index (Phi) is 2.84. The summed E-state index contributed by atoms with van der Waals surface area (Å²) < 4.78 is 6.78. The highest BCUT2D eigenvalue weighted by Crippen LogP contribution is 2.04. The monoisotopic (exact) mass is 175 g/mol. The van der Waals surface area contributed by atoms with Gasteiger partial charge < -0.3 is 9.30 Å². The van der Waals surface area contributed by atoms with Gasteiger partial charge in [0, 0.05) is 7.11 Å². The van der Waals surface area contributed by atoms with Crippen LogP contribution in [0.5, 0.6) is 0 Å². The zero-order chi connectivity index (χ0) is 8.27. The van der Waals surface area contributed by atoms with Crippen molar-refractivity contribution in [1.29, 1.82) is 0 Å². The molecule has 11 heavy (non-hydrogen) atoms. The van der Waals surface area contributed by atoms with Gasteiger partial charge in [0.15, 0.2) is 0 Å². The number of nitrogens with zero attached hydrogens (tertiary/aromatic N) is 3. The Morgan fingerprint density at radius 1 is 1.82 bits per heavy atom. The van der Waals surface area contributed by atoms with Gasteiger partial charge in [0.05, 0.1) is 12.6 Å². The van der Waals surface area contributed by atoms with Crippen molar-refractivity contribution in [2.24, 2.45) is 0 Å². The summed E-state index contributed by atoms with van der Waals surface area (Å²) in [4.78, 5) is 0. The maximum absolute atomic E-state index is 5.67. The van der Waals surface area contributed by atoms with Gasteiger partial charge in [-0.25, -0.2) is 0 Å². The lowest BCUT2D eigenvalue weighted by molar-refractivity contribution is 0.103. The van der Waals surface area contributed by atoms with Crippen molar-refractivity contribution in [2.75, 3.05) is 7.11 Å². The van der Waals surface area contributed by atoms with Gasteiger partial charge in [0.25, 0.3) is 0 Å². The molecule has 62 valence electrons. The highest BCUT2D eigenvalue weighted by atomic mass is 35.5. The van der Waals surface area contributed by atoms with Gasteiger partial charge in [0.1, 0.15) is 6.33 Å². The van der Waals surface area contributed by atoms with E-state index in [1.54, 1.807) is 18.0 Å². The second-order valence-electron chi connectivity index (χ2n) is 2.30. The van der Waals surface area contributed by atoms with Crippen LogP contribution in [0, 0.1) is 0 Å². The third-order valence-corrected chi connectivity index (χ3v) is 1.72. The summed E-state index contributed by atoms with van der Waals surface area (Å²) in [6.45, 7) is 2.64. The van der Waals surface area contributed by atoms with E-state index in [1.165, 1.54) is 0 Å². The minimum atomic E-state index is 0.128. The lowest BCUT2D eigenvalue weighted by atomic mass is 10.4. The Balaban J connectivity index is 2.56. The van der Waals surface area contributed by atoms with Crippen molar-refractivity contribution < 1.29 is 4.74 Å². The Bertz CT molecular complexity index is 225. The molecule has 0 aliphatic rings. The summed E-state index contributed by atoms with van der Waals surface area (Å²) in [5.41, 5.74) is 0. The van der Waals surface area contributed by atoms with Crippen molar-refractivity contribution in [3.8, 4) is 0 Å². The van der Waals surface area contributed by atoms with Crippen LogP contribution < -0.4 is 0 Å². The highest BCUT2D eigenvalue weighted by Gasteiger charge is 2.04. The van der Waals surface area contributed by atoms with Crippen LogP contribution in [0.1, 0.15) is 6.92 Å². The fourth-order valence-corrected chi connectivity index (χ4v) is 0.871. The number of rotatable bonds is 3. The van der Waals surface area contributed by atoms with Crippen LogP contribution in [0.25, 0.3) is 0 Å². The molecule has 0 N–H and O–H groups in total. The maximum Gasteiger partial charge on any atom is 0.224 e. The largest absolute Gasteiger partial charge is 0.380 e. The van der Waals surface area contributed by atoms with E-state index in [2.05, 4.69) is 10.2 Å². The minimum absolute atomic E-state index is 0.128. The molecule has 0 aliphatic carbocycles. The average molecular weight is 176 g/mol. The number of methoxy groups -OCH3 is 1. The molecule has 0 bridgehead atoms. The molecule has 1 unspecified atom stereocenters. The van der Waals surface area contributed by atoms with E-state index in [4.69, 9.17) is 16.3 Å². The molecular weight excluding hydrogens is 166 g/mol. The van der Waals surface area contributed by atoms with Gasteiger partial charge in [0.2, 0.25) is 5.28 Å². The Hall–Kier alpha value is -0.610. The molecule has 0 spiro atoms. The number of ether oxygens (including phenoxy) is 1. The van der Waals surface area contributed by atoms with Gasteiger partial charge in [-0.3, -0.25) is 0 Å². The Labute approximate surface area is 70.1 Å². The van der Waals surface area contributed by atoms with Crippen molar-refractivity contribution in [1.82, 2.24) is 14.8 Å². The standard InChI is InChI=1S/C6H10ClN3O/c1-5(11-2)3-10-4-8-9-6(10)7/h4-5H,3H2,1-2H3. The predicted octanol–water partition coefficient (Wildman–Crippen LogP) is 0.966. The van der Waals surface area contributed by atoms with Crippen LogP contribution in [-0.4, -0.2) is 28.0 Å². The molecule has 1 aromatic heterocycles. The van der Waals surface area contributed by atoms with Crippen molar-refractivity contribution >= 4 is 11.6 Å². The molecule has 1 heterocycles. The Morgan fingerprint density at radius 3 is 3.00 bits per heavy atom. The molecule has 5 heteroatoms. The summed E-state index contributed by atoms with van der Waals surface area (Å²) >= 11 is 5.67. The van der Waals surface area contributed by atoms with E-state index in [1.807, 2.05) is 6.92 Å². The first-order chi connectivity index (χ1) is 5.24. The third-order valence-electron chi connectivity index (χ3n) is 1.42. The molecule has 1 atom stereocenters. The Morgan fingerprint density at radius 2 is 2.55 bits per heavy atom. The zero-order valence-electron chi connectivity index (χ0n) is 6.49. The van der Waals surface area contributed by atoms with Crippen molar-refractivity contribution in [3.63, 3.8) is 0 Å². The third kappa shape index (κ3) is 2.17. The van der Waals surface area contributed by atoms with Crippen LogP contribution in [0.3, 0.4) is 0 Å². The highest BCUT2D eigenvalue weighted by molar-refractivity contribution is 6.28. The molecule has 0 fully saturated rings. The second-order valence-corrected chi connectivity index (χ2v) is 2.64. The normalized spacial score (nSPS) is 13.4. The van der Waals surface area contributed by atoms with Crippen molar-refractivity contribution in [2.45, 2.75) is 19.6 Å². The molecular formula is C6H10ClN3O. The summed E-state index contributed by atoms with van der Waals surface area (Å²) in [6, 6.07) is 0. The second kappa shape index (κ2) is 3.69. The molecule has 1 rings (SSSR count). The number of hydrogen-bond acceptors (Lipinski definition) is 3. The SMILES string of the molecule is COC(C)Cn1cnnc1Cl. The van der Waals surface area contributed by atoms with E-state index in [0.717, 1.165) is 0 Å². The summed E-state index contributed by atoms with van der Waals surface area (Å²) in [7, 11) is 1.66. The molecule has 0 saturated carbocycles. The van der Waals surface area contributed by atoms with Gasteiger partial charge in [-0.2, -0.15) is 0 Å². The smallest absolute Gasteiger partial charge is 0.224 e. The lowest BCUT2D eigenvalue weighted by Crippen LogP contribution is -2.13. The molecule has 0 aromatic carbocycles. The van der Waals surface area contributed by atoms with Crippen LogP contribution >= 0.6 is 11.6 Å². The van der Waals surface area contributed by atoms with Gasteiger partial charge >= 0.3 is 0 Å². The van der Waals surface area contributed by atoms with Crippen LogP contribution in [-0.2, 0) is 11.3 Å². The fourth-order valence-electron chi connectivity index (χ4n) is 0.715. The number of aromatic nitrogens is 3. The van der Waals surface area contributed by atoms with E-state index in [-0.39, 0.29) is 6.10 Å². The van der Waals surface area contributed by atoms with E-state index < -0.39 is 0 Å². The summed E-state index contributed by atoms with van der Waals surface area (Å²) in [5, 5.41) is 7.66. The van der Waals surface area contributed by atoms with E-state index >= 15 is 0 Å². The zero-order valence-corrected chi connectivity index (χ0v) is 7.25. The number of hydrogen-bond donors (Lipinski definition) is 0. The predicted molar refractivity (Wildman–Crippen MR) is 41.5 cm³/mol. The van der Waals surface area contributed by atoms with E-state index in [0.29, 0.717) is 11.8 Å². The molecule has 0 radical (unpaired) electrons. The van der Waals surface area contributed by atoms with Crippen LogP contribution in [0.4, 0.5) is 0 Å². The molecule has 0 saturated heterocycles. The molecule has 0 aliphatic heterocycles. The van der Waals surface area contributed by atoms with Crippen LogP contribution in [0.15, 0.2) is 6.33 Å². The van der Waals surface area contributed by atoms with Crippen LogP contribution in [0.2, 0.25) is 5.28 Å². The fraction of sp³-hybridized carbons (Fsp3) is 0.667. The quantitative estimate of drug-likeness (QED) is 0.687. The summed E-state index contributed by atoms with van der Waals surface area (Å²) in [6.07, 6.45) is 1.71. The van der Waals surface area contributed by atoms with E-state index in [9.17, 15) is 0 Å². The van der Waals surface area contributed by atoms with Gasteiger partial charge in [-0.15, -0.1) is 10.2 Å². The topological polar surface area (TPSA) is 39.9 Å². The van der Waals surface area contributed by atoms with Crippen molar-refractivity contribution in [3.05, 3.63) is 11.6 Å². The summed E-state index contributed by atoms with van der Waals surface area (Å²) in [5.74, 6) is 0. The molecule has 0 amide bonds. The molecule has 4 nitrogen and oxygen atoms in total.